The molecule has 6 nitrogen and oxygen atoms in total. The monoisotopic (exact) mass is 400 g/mol. The molecule has 0 aromatic heterocycles. The normalized spacial score (nSPS) is 20.2. The van der Waals surface area contributed by atoms with Gasteiger partial charge < -0.3 is 4.90 Å². The summed E-state index contributed by atoms with van der Waals surface area (Å²) in [6, 6.07) is 1.27. The second-order valence-corrected chi connectivity index (χ2v) is 9.54. The van der Waals surface area contributed by atoms with Crippen LogP contribution >= 0.6 is 11.6 Å². The van der Waals surface area contributed by atoms with Crippen molar-refractivity contribution in [1.29, 1.82) is 0 Å². The Kier molecular flexibility index (Phi) is 4.99. The van der Waals surface area contributed by atoms with Gasteiger partial charge in [0.25, 0.3) is 5.69 Å². The van der Waals surface area contributed by atoms with Crippen molar-refractivity contribution < 1.29 is 26.5 Å². The molecule has 1 aliphatic rings. The highest BCUT2D eigenvalue weighted by Crippen LogP contribution is 2.42. The Labute approximate surface area is 147 Å². The number of benzene rings is 1. The molecule has 0 N–H and O–H groups in total. The van der Waals surface area contributed by atoms with Gasteiger partial charge in [-0.2, -0.15) is 13.2 Å². The molecule has 0 spiro atoms. The maximum Gasteiger partial charge on any atom is 0.418 e. The van der Waals surface area contributed by atoms with Crippen LogP contribution < -0.4 is 4.90 Å². The van der Waals surface area contributed by atoms with Crippen LogP contribution in [0.1, 0.15) is 25.8 Å². The number of hydrogen-bond acceptors (Lipinski definition) is 5. The van der Waals surface area contributed by atoms with Gasteiger partial charge in [-0.15, -0.1) is 0 Å². The molecule has 0 saturated carbocycles. The van der Waals surface area contributed by atoms with Crippen LogP contribution in [0, 0.1) is 10.1 Å². The molecule has 0 atom stereocenters. The number of hydrogen-bond donors (Lipinski definition) is 0. The van der Waals surface area contributed by atoms with Crippen LogP contribution in [-0.4, -0.2) is 36.9 Å². The average molecular weight is 401 g/mol. The van der Waals surface area contributed by atoms with Crippen LogP contribution in [0.5, 0.6) is 0 Å². The Morgan fingerprint density at radius 3 is 2.40 bits per heavy atom. The van der Waals surface area contributed by atoms with Crippen LogP contribution in [0.15, 0.2) is 12.1 Å². The molecule has 1 heterocycles. The van der Waals surface area contributed by atoms with E-state index in [9.17, 15) is 31.7 Å². The smallest absolute Gasteiger partial charge is 0.365 e. The van der Waals surface area contributed by atoms with E-state index in [4.69, 9.17) is 11.6 Å². The van der Waals surface area contributed by atoms with Crippen LogP contribution in [0.25, 0.3) is 0 Å². The second kappa shape index (κ2) is 6.31. The Balaban J connectivity index is 2.52. The van der Waals surface area contributed by atoms with Gasteiger partial charge in [-0.1, -0.05) is 11.6 Å². The molecule has 1 aromatic rings. The lowest BCUT2D eigenvalue weighted by atomic mass is 10.1. The van der Waals surface area contributed by atoms with Gasteiger partial charge in [0.2, 0.25) is 0 Å². The molecule has 1 aromatic carbocycles. The Morgan fingerprint density at radius 2 is 1.88 bits per heavy atom. The highest BCUT2D eigenvalue weighted by Gasteiger charge is 2.40. The Morgan fingerprint density at radius 1 is 1.28 bits per heavy atom. The zero-order valence-electron chi connectivity index (χ0n) is 13.4. The first kappa shape index (κ1) is 19.8. The standard InChI is InChI=1S/C14H16ClF3N2O4S/c1-13(2)3-4-19(5-6-25(13,23)24)11-8-10(15)9(14(16,17)18)7-12(11)20(21)22/h7-8H,3-6H2,1-2H3. The van der Waals surface area contributed by atoms with Crippen molar-refractivity contribution in [3.63, 3.8) is 0 Å². The first-order valence-corrected chi connectivity index (χ1v) is 9.32. The quantitative estimate of drug-likeness (QED) is 0.559. The molecular weight excluding hydrogens is 385 g/mol. The summed E-state index contributed by atoms with van der Waals surface area (Å²) in [5.41, 5.74) is -2.17. The first-order chi connectivity index (χ1) is 11.3. The third-order valence-corrected chi connectivity index (χ3v) is 7.28. The second-order valence-electron chi connectivity index (χ2n) is 6.39. The molecule has 0 radical (unpaired) electrons. The fourth-order valence-electron chi connectivity index (χ4n) is 2.59. The Hall–Kier alpha value is -1.55. The van der Waals surface area contributed by atoms with E-state index >= 15 is 0 Å². The summed E-state index contributed by atoms with van der Waals surface area (Å²) in [6.45, 7) is 3.20. The van der Waals surface area contributed by atoms with Gasteiger partial charge in [-0.25, -0.2) is 8.42 Å². The molecule has 0 aliphatic carbocycles. The van der Waals surface area contributed by atoms with E-state index in [1.165, 1.54) is 4.90 Å². The van der Waals surface area contributed by atoms with Crippen LogP contribution in [-0.2, 0) is 16.0 Å². The summed E-state index contributed by atoms with van der Waals surface area (Å²) >= 11 is 5.68. The molecule has 140 valence electrons. The van der Waals surface area contributed by atoms with E-state index in [2.05, 4.69) is 0 Å². The van der Waals surface area contributed by atoms with Gasteiger partial charge in [-0.3, -0.25) is 10.1 Å². The summed E-state index contributed by atoms with van der Waals surface area (Å²) < 4.78 is 62.3. The first-order valence-electron chi connectivity index (χ1n) is 7.29. The van der Waals surface area contributed by atoms with Crippen molar-refractivity contribution in [2.24, 2.45) is 0 Å². The Bertz CT molecular complexity index is 809. The number of alkyl halides is 3. The lowest BCUT2D eigenvalue weighted by Gasteiger charge is -2.24. The third-order valence-electron chi connectivity index (χ3n) is 4.36. The summed E-state index contributed by atoms with van der Waals surface area (Å²) in [6.07, 6.45) is -4.64. The zero-order valence-corrected chi connectivity index (χ0v) is 15.0. The number of sulfone groups is 1. The van der Waals surface area contributed by atoms with Gasteiger partial charge in [0.15, 0.2) is 9.84 Å². The average Bonchev–Trinajstić information content (AvgIpc) is 2.54. The van der Waals surface area contributed by atoms with E-state index in [-0.39, 0.29) is 31.0 Å². The zero-order chi connectivity index (χ0) is 19.2. The van der Waals surface area contributed by atoms with E-state index in [0.717, 1.165) is 6.07 Å². The molecule has 11 heteroatoms. The van der Waals surface area contributed by atoms with Gasteiger partial charge in [0.05, 0.1) is 26.0 Å². The van der Waals surface area contributed by atoms with Gasteiger partial charge in [-0.05, 0) is 26.3 Å². The molecule has 25 heavy (non-hydrogen) atoms. The number of anilines is 1. The number of nitro benzene ring substituents is 1. The molecule has 0 unspecified atom stereocenters. The maximum absolute atomic E-state index is 12.9. The van der Waals surface area contributed by atoms with Crippen molar-refractivity contribution in [1.82, 2.24) is 0 Å². The molecule has 0 amide bonds. The van der Waals surface area contributed by atoms with Crippen LogP contribution in [0.4, 0.5) is 24.5 Å². The van der Waals surface area contributed by atoms with Crippen molar-refractivity contribution in [2.45, 2.75) is 31.2 Å². The SMILES string of the molecule is CC1(C)CCN(c2cc(Cl)c(C(F)(F)F)cc2[N+](=O)[O-])CCS1(=O)=O. The predicted octanol–water partition coefficient (Wildman–Crippen LogP) is 3.67. The molecule has 0 bridgehead atoms. The minimum Gasteiger partial charge on any atom is -0.365 e. The fourth-order valence-corrected chi connectivity index (χ4v) is 4.27. The highest BCUT2D eigenvalue weighted by atomic mass is 35.5. The lowest BCUT2D eigenvalue weighted by molar-refractivity contribution is -0.384. The summed E-state index contributed by atoms with van der Waals surface area (Å²) in [5, 5.41) is 10.6. The summed E-state index contributed by atoms with van der Waals surface area (Å²) in [5.74, 6) is -0.254. The highest BCUT2D eigenvalue weighted by molar-refractivity contribution is 7.92. The van der Waals surface area contributed by atoms with Crippen molar-refractivity contribution >= 4 is 32.8 Å². The molecule has 1 saturated heterocycles. The molecule has 1 fully saturated rings. The van der Waals surface area contributed by atoms with Crippen molar-refractivity contribution in [3.8, 4) is 0 Å². The summed E-state index contributed by atoms with van der Waals surface area (Å²) in [7, 11) is -3.44. The van der Waals surface area contributed by atoms with Crippen molar-refractivity contribution in [3.05, 3.63) is 32.8 Å². The topological polar surface area (TPSA) is 80.5 Å². The van der Waals surface area contributed by atoms with Crippen LogP contribution in [0.2, 0.25) is 5.02 Å². The number of nitrogens with zero attached hydrogens (tertiary/aromatic N) is 2. The van der Waals surface area contributed by atoms with E-state index in [1.807, 2.05) is 0 Å². The predicted molar refractivity (Wildman–Crippen MR) is 87.8 cm³/mol. The number of halogens is 4. The van der Waals surface area contributed by atoms with Gasteiger partial charge in [0.1, 0.15) is 5.69 Å². The largest absolute Gasteiger partial charge is 0.418 e. The molecule has 1 aliphatic heterocycles. The van der Waals surface area contributed by atoms with E-state index in [0.29, 0.717) is 6.07 Å². The summed E-state index contributed by atoms with van der Waals surface area (Å²) in [4.78, 5) is 11.7. The maximum atomic E-state index is 12.9. The third kappa shape index (κ3) is 3.84. The molecular formula is C14H16ClF3N2O4S. The minimum atomic E-state index is -4.83. The van der Waals surface area contributed by atoms with Gasteiger partial charge in [0, 0.05) is 19.2 Å². The minimum absolute atomic E-state index is 0.0612. The van der Waals surface area contributed by atoms with Crippen molar-refractivity contribution in [2.75, 3.05) is 23.7 Å². The fraction of sp³-hybridized carbons (Fsp3) is 0.571. The molecule has 2 rings (SSSR count). The van der Waals surface area contributed by atoms with E-state index < -0.39 is 42.0 Å². The number of rotatable bonds is 2. The van der Waals surface area contributed by atoms with E-state index in [1.54, 1.807) is 13.8 Å². The van der Waals surface area contributed by atoms with Crippen LogP contribution in [0.3, 0.4) is 0 Å². The van der Waals surface area contributed by atoms with Gasteiger partial charge >= 0.3 is 6.18 Å². The number of nitro groups is 1. The lowest BCUT2D eigenvalue weighted by Crippen LogP contribution is -2.33.